The zero-order valence-electron chi connectivity index (χ0n) is 14.2. The number of benzene rings is 2. The van der Waals surface area contributed by atoms with Crippen LogP contribution in [0.4, 0.5) is 11.4 Å². The van der Waals surface area contributed by atoms with E-state index in [4.69, 9.17) is 4.74 Å². The highest BCUT2D eigenvalue weighted by Gasteiger charge is 2.44. The van der Waals surface area contributed by atoms with Crippen LogP contribution in [0.1, 0.15) is 31.7 Å². The summed E-state index contributed by atoms with van der Waals surface area (Å²) in [5, 5.41) is 5.77. The summed E-state index contributed by atoms with van der Waals surface area (Å²) in [5.74, 6) is 0.717. The fourth-order valence-electron chi connectivity index (χ4n) is 3.18. The number of rotatable bonds is 3. The van der Waals surface area contributed by atoms with E-state index >= 15 is 0 Å². The fourth-order valence-corrected chi connectivity index (χ4v) is 3.18. The molecule has 1 aliphatic heterocycles. The van der Waals surface area contributed by atoms with Crippen molar-refractivity contribution in [1.82, 2.24) is 0 Å². The van der Waals surface area contributed by atoms with Gasteiger partial charge in [0.2, 0.25) is 5.91 Å². The first-order valence-electron chi connectivity index (χ1n) is 8.44. The summed E-state index contributed by atoms with van der Waals surface area (Å²) in [7, 11) is 0. The molecule has 1 fully saturated rings. The van der Waals surface area contributed by atoms with Gasteiger partial charge >= 0.3 is 0 Å². The lowest BCUT2D eigenvalue weighted by atomic mass is 10.1. The summed E-state index contributed by atoms with van der Waals surface area (Å²) >= 11 is 0. The SMILES string of the molecule is CC1(C)Oc2ccc(NC(=O)[C@H]3C[C@@H]3c3ccccc3)cc2NC1=O. The van der Waals surface area contributed by atoms with E-state index in [0.29, 0.717) is 23.0 Å². The smallest absolute Gasteiger partial charge is 0.268 e. The molecule has 5 nitrogen and oxygen atoms in total. The molecule has 4 rings (SSSR count). The van der Waals surface area contributed by atoms with E-state index in [2.05, 4.69) is 22.8 Å². The predicted octanol–water partition coefficient (Wildman–Crippen LogP) is 3.54. The third-order valence-corrected chi connectivity index (χ3v) is 4.76. The standard InChI is InChI=1S/C20H20N2O3/c1-20(2)19(24)22-16-10-13(8-9-17(16)25-20)21-18(23)15-11-14(15)12-6-4-3-5-7-12/h3-10,14-15H,11H2,1-2H3,(H,21,23)(H,22,24)/t14-,15+/m1/s1. The van der Waals surface area contributed by atoms with Crippen molar-refractivity contribution in [3.63, 3.8) is 0 Å². The van der Waals surface area contributed by atoms with Crippen molar-refractivity contribution >= 4 is 23.2 Å². The van der Waals surface area contributed by atoms with Crippen molar-refractivity contribution in [1.29, 1.82) is 0 Å². The van der Waals surface area contributed by atoms with Gasteiger partial charge in [0.15, 0.2) is 5.60 Å². The Morgan fingerprint density at radius 2 is 1.96 bits per heavy atom. The van der Waals surface area contributed by atoms with Crippen LogP contribution in [0.5, 0.6) is 5.75 Å². The lowest BCUT2D eigenvalue weighted by Gasteiger charge is -2.31. The van der Waals surface area contributed by atoms with Crippen molar-refractivity contribution in [2.75, 3.05) is 10.6 Å². The average molecular weight is 336 g/mol. The van der Waals surface area contributed by atoms with E-state index in [0.717, 1.165) is 6.42 Å². The monoisotopic (exact) mass is 336 g/mol. The Labute approximate surface area is 146 Å². The molecule has 1 heterocycles. The van der Waals surface area contributed by atoms with Crippen LogP contribution in [0.15, 0.2) is 48.5 Å². The Morgan fingerprint density at radius 1 is 1.20 bits per heavy atom. The topological polar surface area (TPSA) is 67.4 Å². The summed E-state index contributed by atoms with van der Waals surface area (Å²) in [6.45, 7) is 3.44. The molecule has 0 aromatic heterocycles. The Hall–Kier alpha value is -2.82. The second-order valence-corrected chi connectivity index (χ2v) is 7.13. The third-order valence-electron chi connectivity index (χ3n) is 4.76. The zero-order valence-corrected chi connectivity index (χ0v) is 14.2. The molecule has 25 heavy (non-hydrogen) atoms. The van der Waals surface area contributed by atoms with Crippen LogP contribution in [-0.2, 0) is 9.59 Å². The number of nitrogens with one attached hydrogen (secondary N) is 2. The van der Waals surface area contributed by atoms with Crippen molar-refractivity contribution < 1.29 is 14.3 Å². The minimum absolute atomic E-state index is 0.00297. The second-order valence-electron chi connectivity index (χ2n) is 7.13. The molecule has 1 saturated carbocycles. The van der Waals surface area contributed by atoms with Gasteiger partial charge < -0.3 is 15.4 Å². The van der Waals surface area contributed by atoms with E-state index in [1.807, 2.05) is 18.2 Å². The molecule has 2 aromatic carbocycles. The fraction of sp³-hybridized carbons (Fsp3) is 0.300. The molecule has 2 aromatic rings. The van der Waals surface area contributed by atoms with Gasteiger partial charge in [-0.1, -0.05) is 30.3 Å². The number of amides is 2. The van der Waals surface area contributed by atoms with Crippen molar-refractivity contribution in [2.24, 2.45) is 5.92 Å². The molecule has 2 atom stereocenters. The number of carbonyl (C=O) groups is 2. The minimum Gasteiger partial charge on any atom is -0.476 e. The summed E-state index contributed by atoms with van der Waals surface area (Å²) in [5.41, 5.74) is 1.55. The number of fused-ring (bicyclic) bond motifs is 1. The van der Waals surface area contributed by atoms with Gasteiger partial charge in [-0.25, -0.2) is 0 Å². The van der Waals surface area contributed by atoms with E-state index in [1.54, 1.807) is 32.0 Å². The number of carbonyl (C=O) groups excluding carboxylic acids is 2. The molecular weight excluding hydrogens is 316 g/mol. The number of hydrogen-bond donors (Lipinski definition) is 2. The Bertz CT molecular complexity index is 845. The van der Waals surface area contributed by atoms with Crippen LogP contribution in [0.25, 0.3) is 0 Å². The molecule has 0 radical (unpaired) electrons. The van der Waals surface area contributed by atoms with Crippen molar-refractivity contribution in [3.8, 4) is 5.75 Å². The molecule has 2 N–H and O–H groups in total. The molecule has 5 heteroatoms. The van der Waals surface area contributed by atoms with Gasteiger partial charge in [-0.15, -0.1) is 0 Å². The van der Waals surface area contributed by atoms with Crippen LogP contribution in [-0.4, -0.2) is 17.4 Å². The molecule has 128 valence electrons. The van der Waals surface area contributed by atoms with E-state index in [9.17, 15) is 9.59 Å². The molecular formula is C20H20N2O3. The van der Waals surface area contributed by atoms with Crippen LogP contribution in [0, 0.1) is 5.92 Å². The van der Waals surface area contributed by atoms with Crippen molar-refractivity contribution in [3.05, 3.63) is 54.1 Å². The van der Waals surface area contributed by atoms with E-state index in [1.165, 1.54) is 5.56 Å². The molecule has 0 saturated heterocycles. The van der Waals surface area contributed by atoms with Crippen molar-refractivity contribution in [2.45, 2.75) is 31.8 Å². The summed E-state index contributed by atoms with van der Waals surface area (Å²) < 4.78 is 5.70. The van der Waals surface area contributed by atoms with Gasteiger partial charge in [0.25, 0.3) is 5.91 Å². The quantitative estimate of drug-likeness (QED) is 0.901. The molecule has 2 aliphatic rings. The Balaban J connectivity index is 1.45. The Morgan fingerprint density at radius 3 is 2.72 bits per heavy atom. The molecule has 0 bridgehead atoms. The van der Waals surface area contributed by atoms with Crippen LogP contribution in [0.2, 0.25) is 0 Å². The van der Waals surface area contributed by atoms with Gasteiger partial charge in [-0.3, -0.25) is 9.59 Å². The van der Waals surface area contributed by atoms with Gasteiger partial charge in [0.1, 0.15) is 5.75 Å². The highest BCUT2D eigenvalue weighted by Crippen LogP contribution is 2.48. The van der Waals surface area contributed by atoms with E-state index in [-0.39, 0.29) is 17.7 Å². The van der Waals surface area contributed by atoms with Crippen LogP contribution < -0.4 is 15.4 Å². The Kier molecular flexibility index (Phi) is 3.53. The first kappa shape index (κ1) is 15.7. The van der Waals surface area contributed by atoms with E-state index < -0.39 is 5.60 Å². The predicted molar refractivity (Wildman–Crippen MR) is 95.7 cm³/mol. The average Bonchev–Trinajstić information content (AvgIpc) is 3.38. The maximum atomic E-state index is 12.5. The number of ether oxygens (including phenoxy) is 1. The first-order valence-corrected chi connectivity index (χ1v) is 8.44. The summed E-state index contributed by atoms with van der Waals surface area (Å²) in [6.07, 6.45) is 0.870. The lowest BCUT2D eigenvalue weighted by molar-refractivity contribution is -0.129. The van der Waals surface area contributed by atoms with Crippen LogP contribution in [0.3, 0.4) is 0 Å². The normalized spacial score (nSPS) is 23.0. The lowest BCUT2D eigenvalue weighted by Crippen LogP contribution is -2.45. The highest BCUT2D eigenvalue weighted by atomic mass is 16.5. The van der Waals surface area contributed by atoms with Gasteiger partial charge in [0.05, 0.1) is 5.69 Å². The largest absolute Gasteiger partial charge is 0.476 e. The highest BCUT2D eigenvalue weighted by molar-refractivity contribution is 6.01. The number of anilines is 2. The van der Waals surface area contributed by atoms with Gasteiger partial charge in [-0.05, 0) is 49.9 Å². The van der Waals surface area contributed by atoms with Gasteiger partial charge in [0, 0.05) is 11.6 Å². The molecule has 1 aliphatic carbocycles. The molecule has 0 unspecified atom stereocenters. The maximum absolute atomic E-state index is 12.5. The summed E-state index contributed by atoms with van der Waals surface area (Å²) in [4.78, 5) is 24.5. The van der Waals surface area contributed by atoms with Gasteiger partial charge in [-0.2, -0.15) is 0 Å². The molecule has 0 spiro atoms. The minimum atomic E-state index is -0.894. The maximum Gasteiger partial charge on any atom is 0.268 e. The van der Waals surface area contributed by atoms with Crippen LogP contribution >= 0.6 is 0 Å². The molecule has 2 amide bonds. The summed E-state index contributed by atoms with van der Waals surface area (Å²) in [6, 6.07) is 15.4. The second kappa shape index (κ2) is 5.62. The third kappa shape index (κ3) is 2.97. The zero-order chi connectivity index (χ0) is 17.6. The number of hydrogen-bond acceptors (Lipinski definition) is 3. The first-order chi connectivity index (χ1) is 11.9.